The highest BCUT2D eigenvalue weighted by Crippen LogP contribution is 2.40. The number of carbonyl (C=O) groups excluding carboxylic acids is 1. The van der Waals surface area contributed by atoms with Crippen LogP contribution in [0, 0.1) is 24.3 Å². The summed E-state index contributed by atoms with van der Waals surface area (Å²) in [5.41, 5.74) is 5.37. The Labute approximate surface area is 136 Å². The Hall–Kier alpha value is -1.27. The lowest BCUT2D eigenvalue weighted by molar-refractivity contribution is -0.109. The Morgan fingerprint density at radius 1 is 1.09 bits per heavy atom. The quantitative estimate of drug-likeness (QED) is 0.411. The predicted molar refractivity (Wildman–Crippen MR) is 95.5 cm³/mol. The standard InChI is InChI=1S/C19H30O2Si/c1-14(2)22(15(3)4,16(5)6)11-10-18(13-20)12-19-9-8-17(7)21-19/h8-9,13-16,18H,12H2,1-7H3. The van der Waals surface area contributed by atoms with Gasteiger partial charge in [-0.3, -0.25) is 0 Å². The van der Waals surface area contributed by atoms with Gasteiger partial charge in [0.05, 0.1) is 5.92 Å². The first kappa shape index (κ1) is 18.8. The maximum atomic E-state index is 11.4. The fraction of sp³-hybridized carbons (Fsp3) is 0.632. The summed E-state index contributed by atoms with van der Waals surface area (Å²) in [7, 11) is -1.77. The summed E-state index contributed by atoms with van der Waals surface area (Å²) in [4.78, 5) is 11.4. The molecule has 0 aliphatic heterocycles. The molecule has 0 radical (unpaired) electrons. The summed E-state index contributed by atoms with van der Waals surface area (Å²) in [6.07, 6.45) is 1.54. The second kappa shape index (κ2) is 7.83. The molecule has 1 heterocycles. The van der Waals surface area contributed by atoms with Crippen molar-refractivity contribution in [1.29, 1.82) is 0 Å². The highest BCUT2D eigenvalue weighted by molar-refractivity contribution is 6.90. The molecular weight excluding hydrogens is 288 g/mol. The molecule has 0 aliphatic carbocycles. The van der Waals surface area contributed by atoms with Crippen LogP contribution >= 0.6 is 0 Å². The van der Waals surface area contributed by atoms with Gasteiger partial charge in [-0.2, -0.15) is 0 Å². The molecule has 0 spiro atoms. The molecule has 0 fully saturated rings. The van der Waals surface area contributed by atoms with E-state index < -0.39 is 8.07 Å². The van der Waals surface area contributed by atoms with Crippen molar-refractivity contribution in [3.05, 3.63) is 23.7 Å². The lowest BCUT2D eigenvalue weighted by Crippen LogP contribution is -2.43. The van der Waals surface area contributed by atoms with Crippen LogP contribution in [0.25, 0.3) is 0 Å². The monoisotopic (exact) mass is 318 g/mol. The minimum absolute atomic E-state index is 0.270. The highest BCUT2D eigenvalue weighted by atomic mass is 28.3. The van der Waals surface area contributed by atoms with Crippen LogP contribution in [0.3, 0.4) is 0 Å². The van der Waals surface area contributed by atoms with Gasteiger partial charge in [0.1, 0.15) is 25.9 Å². The third-order valence-electron chi connectivity index (χ3n) is 4.72. The van der Waals surface area contributed by atoms with Gasteiger partial charge in [0.2, 0.25) is 0 Å². The normalized spacial score (nSPS) is 13.4. The van der Waals surface area contributed by atoms with E-state index in [1.807, 2.05) is 19.1 Å². The number of aldehydes is 1. The van der Waals surface area contributed by atoms with Crippen LogP contribution in [-0.4, -0.2) is 14.4 Å². The molecule has 1 unspecified atom stereocenters. The van der Waals surface area contributed by atoms with Gasteiger partial charge in [-0.15, -0.1) is 5.54 Å². The molecule has 122 valence electrons. The molecule has 1 aromatic rings. The molecule has 2 nitrogen and oxygen atoms in total. The first-order valence-corrected chi connectivity index (χ1v) is 10.5. The maximum absolute atomic E-state index is 11.4. The van der Waals surface area contributed by atoms with Crippen LogP contribution < -0.4 is 0 Å². The van der Waals surface area contributed by atoms with E-state index in [2.05, 4.69) is 53.0 Å². The van der Waals surface area contributed by atoms with E-state index in [-0.39, 0.29) is 5.92 Å². The summed E-state index contributed by atoms with van der Waals surface area (Å²) < 4.78 is 5.57. The molecule has 0 saturated heterocycles. The number of rotatable bonds is 6. The first-order valence-electron chi connectivity index (χ1n) is 8.27. The maximum Gasteiger partial charge on any atom is 0.145 e. The summed E-state index contributed by atoms with van der Waals surface area (Å²) >= 11 is 0. The molecule has 0 saturated carbocycles. The minimum Gasteiger partial charge on any atom is -0.466 e. The second-order valence-electron chi connectivity index (χ2n) is 7.13. The Kier molecular flexibility index (Phi) is 6.68. The Morgan fingerprint density at radius 3 is 2.00 bits per heavy atom. The van der Waals surface area contributed by atoms with Gasteiger partial charge < -0.3 is 9.21 Å². The van der Waals surface area contributed by atoms with Crippen molar-refractivity contribution in [2.45, 2.75) is 71.5 Å². The molecule has 0 aromatic carbocycles. The number of hydrogen-bond donors (Lipinski definition) is 0. The Balaban J connectivity index is 3.05. The van der Waals surface area contributed by atoms with Crippen LogP contribution in [0.2, 0.25) is 16.6 Å². The van der Waals surface area contributed by atoms with E-state index in [0.717, 1.165) is 17.8 Å². The first-order chi connectivity index (χ1) is 10.2. The number of hydrogen-bond acceptors (Lipinski definition) is 2. The minimum atomic E-state index is -1.77. The van der Waals surface area contributed by atoms with Gasteiger partial charge in [-0.1, -0.05) is 47.5 Å². The van der Waals surface area contributed by atoms with E-state index in [1.165, 1.54) is 0 Å². The van der Waals surface area contributed by atoms with E-state index in [9.17, 15) is 4.79 Å². The SMILES string of the molecule is Cc1ccc(CC(C#C[Si](C(C)C)(C(C)C)C(C)C)C=O)o1. The molecule has 0 N–H and O–H groups in total. The molecule has 3 heteroatoms. The van der Waals surface area contributed by atoms with Gasteiger partial charge in [0.25, 0.3) is 0 Å². The Bertz CT molecular complexity index is 521. The summed E-state index contributed by atoms with van der Waals surface area (Å²) in [5.74, 6) is 4.75. The molecule has 22 heavy (non-hydrogen) atoms. The van der Waals surface area contributed by atoms with Crippen molar-refractivity contribution in [3.8, 4) is 11.5 Å². The number of aryl methyl sites for hydroxylation is 1. The van der Waals surface area contributed by atoms with E-state index in [4.69, 9.17) is 4.42 Å². The third-order valence-corrected chi connectivity index (χ3v) is 11.0. The number of carbonyl (C=O) groups is 1. The van der Waals surface area contributed by atoms with Crippen molar-refractivity contribution in [2.24, 2.45) is 5.92 Å². The average molecular weight is 319 g/mol. The molecule has 0 bridgehead atoms. The Morgan fingerprint density at radius 2 is 1.64 bits per heavy atom. The largest absolute Gasteiger partial charge is 0.466 e. The van der Waals surface area contributed by atoms with Crippen molar-refractivity contribution >= 4 is 14.4 Å². The van der Waals surface area contributed by atoms with Gasteiger partial charge in [0.15, 0.2) is 0 Å². The van der Waals surface area contributed by atoms with Gasteiger partial charge in [-0.05, 0) is 35.7 Å². The van der Waals surface area contributed by atoms with Crippen molar-refractivity contribution in [2.75, 3.05) is 0 Å². The molecular formula is C19H30O2Si. The third kappa shape index (κ3) is 4.13. The van der Waals surface area contributed by atoms with Crippen molar-refractivity contribution < 1.29 is 9.21 Å². The molecule has 0 aliphatic rings. The van der Waals surface area contributed by atoms with E-state index in [1.54, 1.807) is 0 Å². The summed E-state index contributed by atoms with van der Waals surface area (Å²) in [6, 6.07) is 3.87. The highest BCUT2D eigenvalue weighted by Gasteiger charge is 2.41. The fourth-order valence-corrected chi connectivity index (χ4v) is 8.90. The van der Waals surface area contributed by atoms with Gasteiger partial charge in [-0.25, -0.2) is 0 Å². The zero-order chi connectivity index (χ0) is 16.9. The lowest BCUT2D eigenvalue weighted by atomic mass is 10.1. The smallest absolute Gasteiger partial charge is 0.145 e. The summed E-state index contributed by atoms with van der Waals surface area (Å²) in [5, 5.41) is 0. The van der Waals surface area contributed by atoms with Crippen molar-refractivity contribution in [3.63, 3.8) is 0 Å². The predicted octanol–water partition coefficient (Wildman–Crippen LogP) is 5.17. The van der Waals surface area contributed by atoms with E-state index in [0.29, 0.717) is 23.0 Å². The molecule has 1 atom stereocenters. The van der Waals surface area contributed by atoms with Crippen LogP contribution in [-0.2, 0) is 11.2 Å². The zero-order valence-corrected chi connectivity index (χ0v) is 16.1. The lowest BCUT2D eigenvalue weighted by Gasteiger charge is -2.38. The summed E-state index contributed by atoms with van der Waals surface area (Å²) in [6.45, 7) is 15.6. The molecule has 0 amide bonds. The van der Waals surface area contributed by atoms with E-state index >= 15 is 0 Å². The van der Waals surface area contributed by atoms with Crippen LogP contribution in [0.1, 0.15) is 53.1 Å². The zero-order valence-electron chi connectivity index (χ0n) is 15.1. The second-order valence-corrected chi connectivity index (χ2v) is 12.7. The fourth-order valence-electron chi connectivity index (χ4n) is 3.60. The van der Waals surface area contributed by atoms with Gasteiger partial charge in [0, 0.05) is 6.42 Å². The number of furan rings is 1. The topological polar surface area (TPSA) is 30.2 Å². The molecule has 1 aromatic heterocycles. The molecule has 1 rings (SSSR count). The van der Waals surface area contributed by atoms with Crippen molar-refractivity contribution in [1.82, 2.24) is 0 Å². The average Bonchev–Trinajstić information content (AvgIpc) is 2.82. The van der Waals surface area contributed by atoms with Gasteiger partial charge >= 0.3 is 0 Å². The van der Waals surface area contributed by atoms with Crippen LogP contribution in [0.15, 0.2) is 16.5 Å². The van der Waals surface area contributed by atoms with Crippen LogP contribution in [0.4, 0.5) is 0 Å². The van der Waals surface area contributed by atoms with Crippen LogP contribution in [0.5, 0.6) is 0 Å².